The SMILES string of the molecule is CCC1CC(C)C2C3OC(C4OC(=O)OC43)C12. The molecule has 0 aromatic carbocycles. The fraction of sp³-hybridized carbons (Fsp3) is 0.923. The van der Waals surface area contributed by atoms with Crippen LogP contribution in [0, 0.1) is 23.7 Å². The second-order valence-corrected chi connectivity index (χ2v) is 6.02. The minimum atomic E-state index is -0.501. The first-order chi connectivity index (χ1) is 8.20. The van der Waals surface area contributed by atoms with Gasteiger partial charge in [-0.1, -0.05) is 20.3 Å². The van der Waals surface area contributed by atoms with Crippen LogP contribution in [0.1, 0.15) is 26.7 Å². The van der Waals surface area contributed by atoms with Crippen molar-refractivity contribution in [1.29, 1.82) is 0 Å². The van der Waals surface area contributed by atoms with Crippen LogP contribution in [0.2, 0.25) is 0 Å². The summed E-state index contributed by atoms with van der Waals surface area (Å²) in [6.45, 7) is 4.56. The number of rotatable bonds is 1. The van der Waals surface area contributed by atoms with Crippen molar-refractivity contribution in [2.45, 2.75) is 51.1 Å². The first-order valence-corrected chi connectivity index (χ1v) is 6.73. The van der Waals surface area contributed by atoms with Gasteiger partial charge in [0.2, 0.25) is 0 Å². The number of carbonyl (C=O) groups is 1. The van der Waals surface area contributed by atoms with Gasteiger partial charge in [0.1, 0.15) is 12.2 Å². The Hall–Kier alpha value is -0.770. The van der Waals surface area contributed by atoms with Crippen LogP contribution in [0.4, 0.5) is 4.79 Å². The Labute approximate surface area is 101 Å². The summed E-state index contributed by atoms with van der Waals surface area (Å²) in [4.78, 5) is 11.2. The molecule has 0 aromatic rings. The molecule has 4 aliphatic rings. The predicted octanol–water partition coefficient (Wildman–Crippen LogP) is 1.97. The summed E-state index contributed by atoms with van der Waals surface area (Å²) >= 11 is 0. The van der Waals surface area contributed by atoms with Crippen molar-refractivity contribution in [2.75, 3.05) is 0 Å². The van der Waals surface area contributed by atoms with Crippen molar-refractivity contribution in [1.82, 2.24) is 0 Å². The number of hydrogen-bond acceptors (Lipinski definition) is 4. The van der Waals surface area contributed by atoms with Crippen molar-refractivity contribution < 1.29 is 19.0 Å². The third-order valence-corrected chi connectivity index (χ3v) is 5.35. The van der Waals surface area contributed by atoms with E-state index in [1.54, 1.807) is 0 Å². The average molecular weight is 238 g/mol. The molecule has 0 N–H and O–H groups in total. The topological polar surface area (TPSA) is 44.8 Å². The molecule has 0 spiro atoms. The molecule has 4 rings (SSSR count). The molecule has 3 heterocycles. The summed E-state index contributed by atoms with van der Waals surface area (Å²) in [6.07, 6.45) is 1.91. The average Bonchev–Trinajstić information content (AvgIpc) is 2.96. The molecule has 4 fully saturated rings. The zero-order chi connectivity index (χ0) is 11.7. The summed E-state index contributed by atoms with van der Waals surface area (Å²) in [5.74, 6) is 2.56. The van der Waals surface area contributed by atoms with E-state index in [1.807, 2.05) is 0 Å². The van der Waals surface area contributed by atoms with Crippen molar-refractivity contribution in [2.24, 2.45) is 23.7 Å². The van der Waals surface area contributed by atoms with Crippen LogP contribution < -0.4 is 0 Å². The Kier molecular flexibility index (Phi) is 1.89. The highest BCUT2D eigenvalue weighted by Gasteiger charge is 2.69. The summed E-state index contributed by atoms with van der Waals surface area (Å²) < 4.78 is 16.6. The molecule has 17 heavy (non-hydrogen) atoms. The number of fused-ring (bicyclic) bond motifs is 8. The fourth-order valence-electron chi connectivity index (χ4n) is 4.80. The number of carbonyl (C=O) groups excluding carboxylic acids is 1. The second-order valence-electron chi connectivity index (χ2n) is 6.02. The van der Waals surface area contributed by atoms with E-state index in [1.165, 1.54) is 12.8 Å². The molecule has 8 atom stereocenters. The lowest BCUT2D eigenvalue weighted by Gasteiger charge is -2.31. The molecular weight excluding hydrogens is 220 g/mol. The molecule has 4 heteroatoms. The summed E-state index contributed by atoms with van der Waals surface area (Å²) in [6, 6.07) is 0. The maximum atomic E-state index is 11.2. The Balaban J connectivity index is 1.68. The largest absolute Gasteiger partial charge is 0.509 e. The van der Waals surface area contributed by atoms with E-state index in [0.717, 1.165) is 5.92 Å². The van der Waals surface area contributed by atoms with Gasteiger partial charge in [-0.05, 0) is 30.1 Å². The van der Waals surface area contributed by atoms with Crippen LogP contribution in [0.5, 0.6) is 0 Å². The van der Waals surface area contributed by atoms with Gasteiger partial charge in [-0.25, -0.2) is 4.79 Å². The summed E-state index contributed by atoms with van der Waals surface area (Å²) in [5, 5.41) is 0. The van der Waals surface area contributed by atoms with Gasteiger partial charge in [0.15, 0.2) is 12.2 Å². The van der Waals surface area contributed by atoms with Gasteiger partial charge < -0.3 is 14.2 Å². The van der Waals surface area contributed by atoms with Crippen LogP contribution in [-0.4, -0.2) is 30.6 Å². The van der Waals surface area contributed by atoms with Gasteiger partial charge in [0.25, 0.3) is 0 Å². The van der Waals surface area contributed by atoms with Crippen LogP contribution in [0.25, 0.3) is 0 Å². The lowest BCUT2D eigenvalue weighted by atomic mass is 9.73. The van der Waals surface area contributed by atoms with Gasteiger partial charge in [0.05, 0.1) is 0 Å². The van der Waals surface area contributed by atoms with E-state index in [0.29, 0.717) is 17.8 Å². The smallest absolute Gasteiger partial charge is 0.424 e. The minimum absolute atomic E-state index is 0.0907. The molecule has 3 saturated heterocycles. The van der Waals surface area contributed by atoms with Crippen molar-refractivity contribution in [3.8, 4) is 0 Å². The quantitative estimate of drug-likeness (QED) is 0.655. The fourth-order valence-corrected chi connectivity index (χ4v) is 4.80. The predicted molar refractivity (Wildman–Crippen MR) is 58.3 cm³/mol. The first kappa shape index (κ1) is 10.2. The zero-order valence-corrected chi connectivity index (χ0v) is 10.2. The molecule has 1 aliphatic carbocycles. The first-order valence-electron chi connectivity index (χ1n) is 6.73. The van der Waals surface area contributed by atoms with Gasteiger partial charge >= 0.3 is 6.16 Å². The van der Waals surface area contributed by atoms with Gasteiger partial charge in [-0.3, -0.25) is 0 Å². The van der Waals surface area contributed by atoms with Crippen LogP contribution in [0.3, 0.4) is 0 Å². The molecule has 8 unspecified atom stereocenters. The molecule has 3 aliphatic heterocycles. The van der Waals surface area contributed by atoms with Crippen LogP contribution in [-0.2, 0) is 14.2 Å². The van der Waals surface area contributed by atoms with E-state index in [4.69, 9.17) is 14.2 Å². The molecule has 1 saturated carbocycles. The Morgan fingerprint density at radius 1 is 1.12 bits per heavy atom. The number of hydrogen-bond donors (Lipinski definition) is 0. The highest BCUT2D eigenvalue weighted by Crippen LogP contribution is 2.59. The lowest BCUT2D eigenvalue weighted by molar-refractivity contribution is -0.00402. The zero-order valence-electron chi connectivity index (χ0n) is 10.2. The maximum absolute atomic E-state index is 11.2. The highest BCUT2D eigenvalue weighted by atomic mass is 16.8. The highest BCUT2D eigenvalue weighted by molar-refractivity contribution is 5.63. The third kappa shape index (κ3) is 1.10. The lowest BCUT2D eigenvalue weighted by Crippen LogP contribution is -2.45. The standard InChI is InChI=1S/C13H18O4/c1-3-6-4-5(2)7-8(6)10-12-11(9(7)15-10)16-13(14)17-12/h5-12H,3-4H2,1-2H3. The molecule has 94 valence electrons. The molecule has 0 radical (unpaired) electrons. The van der Waals surface area contributed by atoms with E-state index >= 15 is 0 Å². The molecule has 0 amide bonds. The van der Waals surface area contributed by atoms with E-state index in [9.17, 15) is 4.79 Å². The Morgan fingerprint density at radius 3 is 2.41 bits per heavy atom. The molecule has 2 bridgehead atoms. The van der Waals surface area contributed by atoms with Crippen molar-refractivity contribution in [3.05, 3.63) is 0 Å². The van der Waals surface area contributed by atoms with Crippen molar-refractivity contribution in [3.63, 3.8) is 0 Å². The molecule has 4 nitrogen and oxygen atoms in total. The Bertz CT molecular complexity index is 368. The second kappa shape index (κ2) is 3.16. The normalized spacial score (nSPS) is 58.8. The molecular formula is C13H18O4. The van der Waals surface area contributed by atoms with Crippen LogP contribution >= 0.6 is 0 Å². The minimum Gasteiger partial charge on any atom is -0.424 e. The summed E-state index contributed by atoms with van der Waals surface area (Å²) in [5.41, 5.74) is 0. The van der Waals surface area contributed by atoms with E-state index in [2.05, 4.69) is 13.8 Å². The third-order valence-electron chi connectivity index (χ3n) is 5.35. The van der Waals surface area contributed by atoms with E-state index < -0.39 is 6.16 Å². The maximum Gasteiger partial charge on any atom is 0.509 e. The van der Waals surface area contributed by atoms with Gasteiger partial charge in [-0.15, -0.1) is 0 Å². The van der Waals surface area contributed by atoms with E-state index in [-0.39, 0.29) is 24.4 Å². The monoisotopic (exact) mass is 238 g/mol. The number of ether oxygens (including phenoxy) is 3. The summed E-state index contributed by atoms with van der Waals surface area (Å²) in [7, 11) is 0. The Morgan fingerprint density at radius 2 is 1.76 bits per heavy atom. The van der Waals surface area contributed by atoms with Crippen LogP contribution in [0.15, 0.2) is 0 Å². The van der Waals surface area contributed by atoms with Gasteiger partial charge in [0, 0.05) is 0 Å². The van der Waals surface area contributed by atoms with Crippen molar-refractivity contribution >= 4 is 6.16 Å². The van der Waals surface area contributed by atoms with Gasteiger partial charge in [-0.2, -0.15) is 0 Å². The molecule has 0 aromatic heterocycles.